The molecule has 0 saturated heterocycles. The minimum absolute atomic E-state index is 0.991. The molecule has 2 heterocycles. The highest BCUT2D eigenvalue weighted by Crippen LogP contribution is 2.23. The van der Waals surface area contributed by atoms with Crippen molar-refractivity contribution >= 4 is 10.9 Å². The van der Waals surface area contributed by atoms with Crippen LogP contribution in [0.15, 0.2) is 54.7 Å². The van der Waals surface area contributed by atoms with Crippen LogP contribution in [0.5, 0.6) is 0 Å². The first-order chi connectivity index (χ1) is 8.40. The summed E-state index contributed by atoms with van der Waals surface area (Å²) in [4.78, 5) is 4.44. The third-order valence-corrected chi connectivity index (χ3v) is 3.03. The molecule has 0 fully saturated rings. The molecule has 0 atom stereocenters. The average molecular weight is 222 g/mol. The maximum absolute atomic E-state index is 4.44. The second-order valence-electron chi connectivity index (χ2n) is 4.07. The highest BCUT2D eigenvalue weighted by Gasteiger charge is 2.08. The van der Waals surface area contributed by atoms with Crippen molar-refractivity contribution in [3.63, 3.8) is 0 Å². The molecule has 3 aromatic rings. The van der Waals surface area contributed by atoms with Crippen LogP contribution in [0.2, 0.25) is 0 Å². The Hall–Kier alpha value is -2.09. The molecule has 0 aliphatic rings. The summed E-state index contributed by atoms with van der Waals surface area (Å²) in [5.74, 6) is 0.991. The van der Waals surface area contributed by atoms with Crippen molar-refractivity contribution in [3.05, 3.63) is 60.4 Å². The van der Waals surface area contributed by atoms with Gasteiger partial charge in [0.25, 0.3) is 0 Å². The molecule has 1 aromatic carbocycles. The van der Waals surface area contributed by atoms with Gasteiger partial charge in [0.1, 0.15) is 5.82 Å². The van der Waals surface area contributed by atoms with E-state index in [1.54, 1.807) is 0 Å². The SMILES string of the molecule is CCc1cc2ccccc2n1-c1ccccn1. The highest BCUT2D eigenvalue weighted by molar-refractivity contribution is 5.83. The van der Waals surface area contributed by atoms with Crippen LogP contribution in [-0.2, 0) is 6.42 Å². The van der Waals surface area contributed by atoms with Crippen molar-refractivity contribution in [3.8, 4) is 5.82 Å². The molecule has 0 unspecified atom stereocenters. The lowest BCUT2D eigenvalue weighted by Crippen LogP contribution is -2.00. The Bertz CT molecular complexity index is 638. The van der Waals surface area contributed by atoms with Crippen molar-refractivity contribution in [1.29, 1.82) is 0 Å². The van der Waals surface area contributed by atoms with E-state index in [1.165, 1.54) is 16.6 Å². The number of pyridine rings is 1. The molecule has 0 spiro atoms. The minimum atomic E-state index is 0.991. The summed E-state index contributed by atoms with van der Waals surface area (Å²) in [6.45, 7) is 2.17. The van der Waals surface area contributed by atoms with Gasteiger partial charge in [0.05, 0.1) is 5.52 Å². The van der Waals surface area contributed by atoms with E-state index >= 15 is 0 Å². The van der Waals surface area contributed by atoms with Gasteiger partial charge < -0.3 is 0 Å². The van der Waals surface area contributed by atoms with Gasteiger partial charge in [-0.3, -0.25) is 4.57 Å². The number of hydrogen-bond donors (Lipinski definition) is 0. The Balaban J connectivity index is 2.34. The van der Waals surface area contributed by atoms with Crippen molar-refractivity contribution < 1.29 is 0 Å². The lowest BCUT2D eigenvalue weighted by atomic mass is 10.2. The van der Waals surface area contributed by atoms with Crippen molar-refractivity contribution in [1.82, 2.24) is 9.55 Å². The predicted molar refractivity (Wildman–Crippen MR) is 70.4 cm³/mol. The zero-order valence-corrected chi connectivity index (χ0v) is 9.80. The summed E-state index contributed by atoms with van der Waals surface area (Å²) >= 11 is 0. The van der Waals surface area contributed by atoms with Crippen LogP contribution < -0.4 is 0 Å². The van der Waals surface area contributed by atoms with Crippen LogP contribution in [0.25, 0.3) is 16.7 Å². The van der Waals surface area contributed by atoms with Gasteiger partial charge in [0, 0.05) is 17.3 Å². The third kappa shape index (κ3) is 1.62. The molecule has 2 aromatic heterocycles. The molecule has 0 amide bonds. The summed E-state index contributed by atoms with van der Waals surface area (Å²) < 4.78 is 2.23. The fraction of sp³-hybridized carbons (Fsp3) is 0.133. The van der Waals surface area contributed by atoms with E-state index in [4.69, 9.17) is 0 Å². The van der Waals surface area contributed by atoms with Gasteiger partial charge in [-0.05, 0) is 30.7 Å². The van der Waals surface area contributed by atoms with Crippen molar-refractivity contribution in [2.75, 3.05) is 0 Å². The number of aromatic nitrogens is 2. The Morgan fingerprint density at radius 2 is 1.88 bits per heavy atom. The van der Waals surface area contributed by atoms with E-state index in [0.717, 1.165) is 12.2 Å². The second kappa shape index (κ2) is 4.06. The fourth-order valence-corrected chi connectivity index (χ4v) is 2.23. The van der Waals surface area contributed by atoms with Crippen LogP contribution >= 0.6 is 0 Å². The van der Waals surface area contributed by atoms with Crippen molar-refractivity contribution in [2.45, 2.75) is 13.3 Å². The van der Waals surface area contributed by atoms with Crippen LogP contribution in [0.1, 0.15) is 12.6 Å². The number of rotatable bonds is 2. The first-order valence-electron chi connectivity index (χ1n) is 5.91. The summed E-state index contributed by atoms with van der Waals surface area (Å²) in [5.41, 5.74) is 2.52. The molecule has 0 aliphatic heterocycles. The van der Waals surface area contributed by atoms with E-state index < -0.39 is 0 Å². The van der Waals surface area contributed by atoms with Crippen LogP contribution in [0, 0.1) is 0 Å². The molecule has 0 bridgehead atoms. The molecule has 3 rings (SSSR count). The van der Waals surface area contributed by atoms with Gasteiger partial charge in [-0.15, -0.1) is 0 Å². The van der Waals surface area contributed by atoms with Crippen molar-refractivity contribution in [2.24, 2.45) is 0 Å². The maximum Gasteiger partial charge on any atom is 0.137 e. The van der Waals surface area contributed by atoms with Gasteiger partial charge in [-0.1, -0.05) is 31.2 Å². The van der Waals surface area contributed by atoms with Crippen LogP contribution in [0.4, 0.5) is 0 Å². The Morgan fingerprint density at radius 3 is 2.65 bits per heavy atom. The summed E-state index contributed by atoms with van der Waals surface area (Å²) in [5, 5.41) is 1.27. The lowest BCUT2D eigenvalue weighted by Gasteiger charge is -2.07. The number of benzene rings is 1. The number of para-hydroxylation sites is 1. The normalized spacial score (nSPS) is 10.9. The predicted octanol–water partition coefficient (Wildman–Crippen LogP) is 3.59. The van der Waals surface area contributed by atoms with Crippen LogP contribution in [-0.4, -0.2) is 9.55 Å². The standard InChI is InChI=1S/C15H14N2/c1-2-13-11-12-7-3-4-8-14(12)17(13)15-9-5-6-10-16-15/h3-11H,2H2,1H3. The quantitative estimate of drug-likeness (QED) is 0.648. The summed E-state index contributed by atoms with van der Waals surface area (Å²) in [6, 6.07) is 16.7. The Morgan fingerprint density at radius 1 is 1.06 bits per heavy atom. The van der Waals surface area contributed by atoms with Crippen LogP contribution in [0.3, 0.4) is 0 Å². The van der Waals surface area contributed by atoms with Gasteiger partial charge >= 0.3 is 0 Å². The fourth-order valence-electron chi connectivity index (χ4n) is 2.23. The number of aryl methyl sites for hydroxylation is 1. The molecular formula is C15H14N2. The zero-order chi connectivity index (χ0) is 11.7. The van der Waals surface area contributed by atoms with E-state index in [2.05, 4.69) is 46.8 Å². The number of nitrogens with zero attached hydrogens (tertiary/aromatic N) is 2. The molecule has 84 valence electrons. The van der Waals surface area contributed by atoms with Gasteiger partial charge in [0.2, 0.25) is 0 Å². The van der Waals surface area contributed by atoms with E-state index in [1.807, 2.05) is 24.4 Å². The van der Waals surface area contributed by atoms with Gasteiger partial charge in [-0.25, -0.2) is 4.98 Å². The highest BCUT2D eigenvalue weighted by atomic mass is 15.1. The van der Waals surface area contributed by atoms with E-state index in [-0.39, 0.29) is 0 Å². The summed E-state index contributed by atoms with van der Waals surface area (Å²) in [7, 11) is 0. The third-order valence-electron chi connectivity index (χ3n) is 3.03. The monoisotopic (exact) mass is 222 g/mol. The first-order valence-corrected chi connectivity index (χ1v) is 5.91. The number of fused-ring (bicyclic) bond motifs is 1. The lowest BCUT2D eigenvalue weighted by molar-refractivity contribution is 0.928. The van der Waals surface area contributed by atoms with Gasteiger partial charge in [0.15, 0.2) is 0 Å². The molecule has 0 saturated carbocycles. The molecule has 2 heteroatoms. The molecule has 2 nitrogen and oxygen atoms in total. The zero-order valence-electron chi connectivity index (χ0n) is 9.80. The molecule has 17 heavy (non-hydrogen) atoms. The maximum atomic E-state index is 4.44. The summed E-state index contributed by atoms with van der Waals surface area (Å²) in [6.07, 6.45) is 2.84. The molecule has 0 radical (unpaired) electrons. The van der Waals surface area contributed by atoms with Gasteiger partial charge in [-0.2, -0.15) is 0 Å². The number of hydrogen-bond acceptors (Lipinski definition) is 1. The topological polar surface area (TPSA) is 17.8 Å². The minimum Gasteiger partial charge on any atom is -0.298 e. The second-order valence-corrected chi connectivity index (χ2v) is 4.07. The molecular weight excluding hydrogens is 208 g/mol. The molecule has 0 aliphatic carbocycles. The first kappa shape index (κ1) is 10.1. The largest absolute Gasteiger partial charge is 0.298 e. The van der Waals surface area contributed by atoms with E-state index in [0.29, 0.717) is 0 Å². The Labute approximate surface area is 101 Å². The molecule has 0 N–H and O–H groups in total. The van der Waals surface area contributed by atoms with E-state index in [9.17, 15) is 0 Å². The Kier molecular flexibility index (Phi) is 2.41. The average Bonchev–Trinajstić information content (AvgIpc) is 2.78. The smallest absolute Gasteiger partial charge is 0.137 e.